The molecule has 2 aliphatic carbocycles. The van der Waals surface area contributed by atoms with Gasteiger partial charge in [0.1, 0.15) is 0 Å². The van der Waals surface area contributed by atoms with Crippen LogP contribution in [0.2, 0.25) is 0 Å². The largest absolute Gasteiger partial charge is 0.311 e. The van der Waals surface area contributed by atoms with Crippen LogP contribution in [-0.4, -0.2) is 11.3 Å². The monoisotopic (exact) mass is 1440 g/mol. The summed E-state index contributed by atoms with van der Waals surface area (Å²) >= 11 is 0. The Morgan fingerprint density at radius 1 is 0.234 bits per heavy atom. The van der Waals surface area contributed by atoms with Crippen molar-refractivity contribution in [1.29, 1.82) is 0 Å². The van der Waals surface area contributed by atoms with Crippen LogP contribution in [-0.2, 0) is 43.3 Å². The maximum absolute atomic E-state index is 2.73. The number of benzene rings is 13. The van der Waals surface area contributed by atoms with Crippen LogP contribution in [0, 0.1) is 0 Å². The zero-order chi connectivity index (χ0) is 77.9. The van der Waals surface area contributed by atoms with E-state index in [-0.39, 0.29) is 44.6 Å². The second-order valence-corrected chi connectivity index (χ2v) is 39.9. The van der Waals surface area contributed by atoms with Crippen molar-refractivity contribution in [3.8, 4) is 61.3 Å². The lowest BCUT2D eigenvalue weighted by molar-refractivity contribution is 0.569. The average Bonchev–Trinajstić information content (AvgIpc) is 1.53. The third-order valence-electron chi connectivity index (χ3n) is 25.3. The first-order valence-electron chi connectivity index (χ1n) is 40.6. The molecule has 0 saturated heterocycles. The Balaban J connectivity index is 0.967. The van der Waals surface area contributed by atoms with E-state index in [0.717, 1.165) is 22.7 Å². The highest BCUT2D eigenvalue weighted by Crippen LogP contribution is 2.64. The Morgan fingerprint density at radius 3 is 1.10 bits per heavy atom. The van der Waals surface area contributed by atoms with Gasteiger partial charge < -0.3 is 14.4 Å². The molecule has 3 nitrogen and oxygen atoms in total. The molecule has 1 aromatic heterocycles. The third-order valence-corrected chi connectivity index (χ3v) is 25.3. The molecule has 13 aromatic carbocycles. The molecular weight excluding hydrogens is 1340 g/mol. The second-order valence-electron chi connectivity index (χ2n) is 39.9. The van der Waals surface area contributed by atoms with Crippen LogP contribution in [0.3, 0.4) is 0 Å². The van der Waals surface area contributed by atoms with Crippen molar-refractivity contribution in [2.75, 3.05) is 9.80 Å². The van der Waals surface area contributed by atoms with Crippen molar-refractivity contribution < 1.29 is 0 Å². The van der Waals surface area contributed by atoms with Gasteiger partial charge in [-0.25, -0.2) is 0 Å². The maximum Gasteiger partial charge on any atom is 0.252 e. The molecule has 0 radical (unpaired) electrons. The van der Waals surface area contributed by atoms with Crippen LogP contribution in [0.5, 0.6) is 0 Å². The topological polar surface area (TPSA) is 11.4 Å². The number of hydrogen-bond acceptors (Lipinski definition) is 2. The van der Waals surface area contributed by atoms with Gasteiger partial charge in [-0.05, 0) is 233 Å². The molecule has 14 aromatic rings. The summed E-state index contributed by atoms with van der Waals surface area (Å²) in [5, 5.41) is 2.48. The van der Waals surface area contributed by atoms with E-state index in [1.165, 1.54) is 172 Å². The Bertz CT molecular complexity index is 6100. The molecule has 0 atom stereocenters. The second kappa shape index (κ2) is 24.7. The highest BCUT2D eigenvalue weighted by Gasteiger charge is 2.52. The van der Waals surface area contributed by atoms with Crippen LogP contribution >= 0.6 is 0 Å². The summed E-state index contributed by atoms with van der Waals surface area (Å²) in [4.78, 5) is 5.45. The van der Waals surface area contributed by atoms with E-state index in [1.807, 2.05) is 0 Å². The molecule has 3 heterocycles. The number of hydrogen-bond donors (Lipinski definition) is 0. The quantitative estimate of drug-likeness (QED) is 0.154. The minimum atomic E-state index is -0.521. The van der Waals surface area contributed by atoms with Crippen LogP contribution in [0.4, 0.5) is 34.1 Å². The van der Waals surface area contributed by atoms with Crippen LogP contribution in [0.25, 0.3) is 83.1 Å². The predicted molar refractivity (Wildman–Crippen MR) is 478 cm³/mol. The first-order chi connectivity index (χ1) is 52.5. The number of anilines is 6. The Hall–Kier alpha value is -10.7. The van der Waals surface area contributed by atoms with Gasteiger partial charge >= 0.3 is 0 Å². The lowest BCUT2D eigenvalue weighted by atomic mass is 9.33. The molecule has 18 rings (SSSR count). The van der Waals surface area contributed by atoms with E-state index >= 15 is 0 Å². The molecular formula is C107H106BN3. The zero-order valence-corrected chi connectivity index (χ0v) is 69.2. The molecule has 0 N–H and O–H groups in total. The van der Waals surface area contributed by atoms with Gasteiger partial charge in [-0.15, -0.1) is 0 Å². The van der Waals surface area contributed by atoms with Crippen molar-refractivity contribution in [1.82, 2.24) is 4.57 Å². The highest BCUT2D eigenvalue weighted by molar-refractivity contribution is 7.00. The van der Waals surface area contributed by atoms with Crippen molar-refractivity contribution in [2.45, 2.75) is 189 Å². The van der Waals surface area contributed by atoms with Gasteiger partial charge in [0.2, 0.25) is 0 Å². The maximum atomic E-state index is 2.73. The van der Waals surface area contributed by atoms with E-state index in [9.17, 15) is 0 Å². The molecule has 0 bridgehead atoms. The Kier molecular flexibility index (Phi) is 16.0. The van der Waals surface area contributed by atoms with Gasteiger partial charge in [-0.1, -0.05) is 333 Å². The fourth-order valence-corrected chi connectivity index (χ4v) is 18.9. The van der Waals surface area contributed by atoms with E-state index in [4.69, 9.17) is 0 Å². The van der Waals surface area contributed by atoms with E-state index in [0.29, 0.717) is 0 Å². The highest BCUT2D eigenvalue weighted by atomic mass is 15.2. The number of para-hydroxylation sites is 1. The van der Waals surface area contributed by atoms with E-state index in [1.54, 1.807) is 0 Å². The van der Waals surface area contributed by atoms with Crippen LogP contribution < -0.4 is 26.2 Å². The molecule has 111 heavy (non-hydrogen) atoms. The third kappa shape index (κ3) is 11.4. The average molecular weight is 1440 g/mol. The molecule has 0 saturated carbocycles. The van der Waals surface area contributed by atoms with Crippen molar-refractivity contribution >= 4 is 79.0 Å². The molecule has 0 unspecified atom stereocenters. The fraction of sp³-hybridized carbons (Fsp3) is 0.271. The molecule has 1 spiro atoms. The molecule has 0 amide bonds. The molecule has 4 heteroatoms. The Morgan fingerprint density at radius 2 is 0.631 bits per heavy atom. The van der Waals surface area contributed by atoms with Crippen molar-refractivity contribution in [3.05, 3.63) is 322 Å². The van der Waals surface area contributed by atoms with Crippen molar-refractivity contribution in [3.63, 3.8) is 0 Å². The van der Waals surface area contributed by atoms with Gasteiger partial charge in [0.15, 0.2) is 0 Å². The van der Waals surface area contributed by atoms with Gasteiger partial charge in [0, 0.05) is 50.3 Å². The molecule has 2 aliphatic heterocycles. The van der Waals surface area contributed by atoms with Gasteiger partial charge in [0.05, 0.1) is 27.8 Å². The molecule has 552 valence electrons. The van der Waals surface area contributed by atoms with E-state index < -0.39 is 5.41 Å². The fourth-order valence-electron chi connectivity index (χ4n) is 18.9. The van der Waals surface area contributed by atoms with Crippen molar-refractivity contribution in [2.24, 2.45) is 0 Å². The summed E-state index contributed by atoms with van der Waals surface area (Å²) in [5.41, 5.74) is 40.1. The van der Waals surface area contributed by atoms with Crippen LogP contribution in [0.1, 0.15) is 207 Å². The summed E-state index contributed by atoms with van der Waals surface area (Å²) in [6.07, 6.45) is 0. The summed E-state index contributed by atoms with van der Waals surface area (Å²) in [6, 6.07) is 104. The first-order valence-corrected chi connectivity index (χ1v) is 40.6. The van der Waals surface area contributed by atoms with E-state index in [2.05, 4.69) is 421 Å². The lowest BCUT2D eigenvalue weighted by Gasteiger charge is -2.46. The Labute approximate surface area is 661 Å². The number of aromatic nitrogens is 1. The number of fused-ring (bicyclic) bond motifs is 17. The molecule has 4 aliphatic rings. The number of nitrogens with zero attached hydrogens (tertiary/aromatic N) is 3. The standard InChI is InChI=1S/C107H106BN3/c1-100(2,3)69-43-38-65(39-44-69)81-58-71(102(7,8)9)47-52-92(81)110-95-56-67(68-54-73(104(13,14)15)57-74(55-68)105(16,17)18)42-50-89(95)108-90-51-49-76(62-96(90)111(98-61-75(106(19,20)21)60-97(110)99(98)108)93-53-48-72(103(10,11)12)59-82(93)66-40-45-70(46-41-66)101(4,5)6)109-91-37-29-25-33-80(91)84-63-83-79-32-24-28-36-87(79)107(88(83)64-94(84)109)85-34-26-22-30-77(85)78-31-23-27-35-86(78)107/h22-64H,1-21H3. The molecule has 0 fully saturated rings. The SMILES string of the molecule is CC(C)(C)c1ccc(-c2cc(C(C)(C)C)ccc2N2c3cc(-c4cc(C(C)(C)C)cc(C(C)(C)C)c4)ccc3B3c4ccc(-n5c6ccccc6c6cc7c(cc65)C5(c6ccccc6-c6ccccc65)c5ccccc5-7)cc4N(c4ccc(C(C)(C)C)cc4-c4ccc(C(C)(C)C)cc4)c4cc(C(C)(C)C)cc2c43)cc1. The summed E-state index contributed by atoms with van der Waals surface area (Å²) < 4.78 is 2.62. The van der Waals surface area contributed by atoms with Gasteiger partial charge in [-0.2, -0.15) is 0 Å². The minimum absolute atomic E-state index is 0.0165. The normalized spacial score (nSPS) is 14.4. The summed E-state index contributed by atoms with van der Waals surface area (Å²) in [6.45, 7) is 49.3. The first kappa shape index (κ1) is 71.9. The lowest BCUT2D eigenvalue weighted by Crippen LogP contribution is -2.61. The van der Waals surface area contributed by atoms with Gasteiger partial charge in [-0.3, -0.25) is 0 Å². The van der Waals surface area contributed by atoms with Gasteiger partial charge in [0.25, 0.3) is 6.71 Å². The summed E-state index contributed by atoms with van der Waals surface area (Å²) in [5.74, 6) is 0. The zero-order valence-electron chi connectivity index (χ0n) is 69.2. The smallest absolute Gasteiger partial charge is 0.252 e. The van der Waals surface area contributed by atoms with Crippen LogP contribution in [0.15, 0.2) is 261 Å². The summed E-state index contributed by atoms with van der Waals surface area (Å²) in [7, 11) is 0. The minimum Gasteiger partial charge on any atom is -0.311 e. The number of rotatable bonds is 6. The predicted octanol–water partition coefficient (Wildman–Crippen LogP) is 27.3.